The van der Waals surface area contributed by atoms with Crippen molar-refractivity contribution < 1.29 is 15.3 Å². The van der Waals surface area contributed by atoms with Gasteiger partial charge in [0.15, 0.2) is 0 Å². The third-order valence-corrected chi connectivity index (χ3v) is 1.56. The molecule has 4 heteroatoms. The number of aliphatic hydroxyl groups is 2. The molecule has 1 aromatic rings. The van der Waals surface area contributed by atoms with Crippen LogP contribution in [0.3, 0.4) is 0 Å². The Labute approximate surface area is 69.9 Å². The first-order valence-corrected chi connectivity index (χ1v) is 3.52. The Hall–Kier alpha value is -1.10. The van der Waals surface area contributed by atoms with Crippen molar-refractivity contribution in [3.8, 4) is 5.75 Å². The molecule has 0 aliphatic heterocycles. The Morgan fingerprint density at radius 3 is 2.00 bits per heavy atom. The maximum atomic E-state index is 9.23. The Morgan fingerprint density at radius 2 is 1.58 bits per heavy atom. The number of nitrogens with two attached hydrogens (primary N) is 1. The third-order valence-electron chi connectivity index (χ3n) is 1.56. The summed E-state index contributed by atoms with van der Waals surface area (Å²) in [6, 6.07) is 5.83. The normalized spacial score (nSPS) is 15.6. The largest absolute Gasteiger partial charge is 0.508 e. The van der Waals surface area contributed by atoms with Gasteiger partial charge in [0.2, 0.25) is 0 Å². The highest BCUT2D eigenvalue weighted by atomic mass is 16.3. The predicted octanol–water partition coefficient (Wildman–Crippen LogP) is -0.297. The first kappa shape index (κ1) is 8.99. The lowest BCUT2D eigenvalue weighted by atomic mass is 10.1. The Bertz CT molecular complexity index is 245. The first-order valence-electron chi connectivity index (χ1n) is 3.52. The molecule has 1 rings (SSSR count). The molecule has 0 aliphatic carbocycles. The molecule has 0 spiro atoms. The molecule has 1 aromatic carbocycles. The Balaban J connectivity index is 2.82. The number of aliphatic hydroxyl groups excluding tert-OH is 2. The van der Waals surface area contributed by atoms with E-state index in [0.29, 0.717) is 5.56 Å². The van der Waals surface area contributed by atoms with Crippen LogP contribution in [-0.4, -0.2) is 21.5 Å². The molecule has 66 valence electrons. The molecule has 2 unspecified atom stereocenters. The molecule has 0 fully saturated rings. The van der Waals surface area contributed by atoms with Crippen molar-refractivity contribution >= 4 is 0 Å². The van der Waals surface area contributed by atoms with Gasteiger partial charge >= 0.3 is 0 Å². The molecule has 12 heavy (non-hydrogen) atoms. The van der Waals surface area contributed by atoms with E-state index in [0.717, 1.165) is 0 Å². The van der Waals surface area contributed by atoms with Gasteiger partial charge in [-0.2, -0.15) is 0 Å². The van der Waals surface area contributed by atoms with Crippen molar-refractivity contribution in [1.82, 2.24) is 0 Å². The van der Waals surface area contributed by atoms with Crippen LogP contribution in [0.5, 0.6) is 5.75 Å². The van der Waals surface area contributed by atoms with Crippen LogP contribution in [0, 0.1) is 0 Å². The molecule has 2 atom stereocenters. The second-order valence-electron chi connectivity index (χ2n) is 2.53. The molecular weight excluding hydrogens is 158 g/mol. The van der Waals surface area contributed by atoms with E-state index in [4.69, 9.17) is 15.9 Å². The summed E-state index contributed by atoms with van der Waals surface area (Å²) < 4.78 is 0. The van der Waals surface area contributed by atoms with Crippen LogP contribution in [0.2, 0.25) is 0 Å². The van der Waals surface area contributed by atoms with Crippen LogP contribution in [0.15, 0.2) is 24.3 Å². The zero-order valence-electron chi connectivity index (χ0n) is 6.38. The van der Waals surface area contributed by atoms with E-state index in [2.05, 4.69) is 0 Å². The smallest absolute Gasteiger partial charge is 0.132 e. The summed E-state index contributed by atoms with van der Waals surface area (Å²) in [7, 11) is 0. The van der Waals surface area contributed by atoms with E-state index in [-0.39, 0.29) is 5.75 Å². The van der Waals surface area contributed by atoms with E-state index in [1.54, 1.807) is 0 Å². The lowest BCUT2D eigenvalue weighted by molar-refractivity contribution is 0.0227. The number of aromatic hydroxyl groups is 1. The van der Waals surface area contributed by atoms with Crippen molar-refractivity contribution in [2.45, 2.75) is 12.3 Å². The van der Waals surface area contributed by atoms with Crippen LogP contribution < -0.4 is 5.73 Å². The quantitative estimate of drug-likeness (QED) is 0.458. The topological polar surface area (TPSA) is 86.7 Å². The standard InChI is InChI=1S/C8H11NO3/c9-8(12)7(11)5-1-3-6(10)4-2-5/h1-4,7-8,10-12H,9H2. The van der Waals surface area contributed by atoms with Gasteiger partial charge in [0.1, 0.15) is 18.1 Å². The zero-order valence-corrected chi connectivity index (χ0v) is 6.38. The third kappa shape index (κ3) is 1.94. The van der Waals surface area contributed by atoms with Crippen molar-refractivity contribution in [2.75, 3.05) is 0 Å². The fourth-order valence-electron chi connectivity index (χ4n) is 0.869. The molecular formula is C8H11NO3. The summed E-state index contributed by atoms with van der Waals surface area (Å²) in [6.07, 6.45) is -2.40. The predicted molar refractivity (Wildman–Crippen MR) is 43.3 cm³/mol. The lowest BCUT2D eigenvalue weighted by Gasteiger charge is -2.13. The van der Waals surface area contributed by atoms with Gasteiger partial charge in [-0.1, -0.05) is 12.1 Å². The Morgan fingerprint density at radius 1 is 1.08 bits per heavy atom. The molecule has 0 amide bonds. The monoisotopic (exact) mass is 169 g/mol. The minimum atomic E-state index is -1.30. The fraction of sp³-hybridized carbons (Fsp3) is 0.250. The summed E-state index contributed by atoms with van der Waals surface area (Å²) in [5, 5.41) is 26.9. The highest BCUT2D eigenvalue weighted by Gasteiger charge is 2.12. The van der Waals surface area contributed by atoms with Crippen LogP contribution in [0.4, 0.5) is 0 Å². The second kappa shape index (κ2) is 3.53. The van der Waals surface area contributed by atoms with Gasteiger partial charge < -0.3 is 21.1 Å². The highest BCUT2D eigenvalue weighted by molar-refractivity contribution is 5.27. The molecule has 0 aromatic heterocycles. The molecule has 0 saturated heterocycles. The number of hydrogen-bond donors (Lipinski definition) is 4. The van der Waals surface area contributed by atoms with E-state index >= 15 is 0 Å². The fourth-order valence-corrected chi connectivity index (χ4v) is 0.869. The maximum absolute atomic E-state index is 9.23. The number of phenolic OH excluding ortho intramolecular Hbond substituents is 1. The summed E-state index contributed by atoms with van der Waals surface area (Å²) >= 11 is 0. The van der Waals surface area contributed by atoms with Gasteiger partial charge in [0.05, 0.1) is 0 Å². The number of phenols is 1. The number of rotatable bonds is 2. The molecule has 4 nitrogen and oxygen atoms in total. The summed E-state index contributed by atoms with van der Waals surface area (Å²) in [5.74, 6) is 0.109. The molecule has 0 aliphatic rings. The molecule has 0 radical (unpaired) electrons. The van der Waals surface area contributed by atoms with Crippen LogP contribution in [0.1, 0.15) is 11.7 Å². The lowest BCUT2D eigenvalue weighted by Crippen LogP contribution is -2.27. The van der Waals surface area contributed by atoms with E-state index in [1.807, 2.05) is 0 Å². The maximum Gasteiger partial charge on any atom is 0.132 e. The average molecular weight is 169 g/mol. The van der Waals surface area contributed by atoms with Gasteiger partial charge in [-0.05, 0) is 17.7 Å². The minimum Gasteiger partial charge on any atom is -0.508 e. The SMILES string of the molecule is NC(O)C(O)c1ccc(O)cc1. The summed E-state index contributed by atoms with van der Waals surface area (Å²) in [5.41, 5.74) is 5.52. The molecule has 5 N–H and O–H groups in total. The molecule has 0 saturated carbocycles. The van der Waals surface area contributed by atoms with Gasteiger partial charge in [0.25, 0.3) is 0 Å². The molecule has 0 heterocycles. The Kier molecular flexibility index (Phi) is 2.65. The summed E-state index contributed by atoms with van der Waals surface area (Å²) in [6.45, 7) is 0. The average Bonchev–Trinajstić information content (AvgIpc) is 2.04. The van der Waals surface area contributed by atoms with Crippen molar-refractivity contribution in [2.24, 2.45) is 5.73 Å². The van der Waals surface area contributed by atoms with Gasteiger partial charge in [-0.3, -0.25) is 0 Å². The first-order chi connectivity index (χ1) is 5.61. The van der Waals surface area contributed by atoms with Crippen LogP contribution in [-0.2, 0) is 0 Å². The van der Waals surface area contributed by atoms with Crippen molar-refractivity contribution in [3.63, 3.8) is 0 Å². The van der Waals surface area contributed by atoms with Crippen LogP contribution in [0.25, 0.3) is 0 Å². The van der Waals surface area contributed by atoms with E-state index < -0.39 is 12.3 Å². The molecule has 0 bridgehead atoms. The van der Waals surface area contributed by atoms with Crippen LogP contribution >= 0.6 is 0 Å². The van der Waals surface area contributed by atoms with Gasteiger partial charge in [-0.15, -0.1) is 0 Å². The van der Waals surface area contributed by atoms with Gasteiger partial charge in [0, 0.05) is 0 Å². The van der Waals surface area contributed by atoms with Crippen molar-refractivity contribution in [1.29, 1.82) is 0 Å². The minimum absolute atomic E-state index is 0.109. The van der Waals surface area contributed by atoms with E-state index in [1.165, 1.54) is 24.3 Å². The number of benzene rings is 1. The zero-order chi connectivity index (χ0) is 9.14. The summed E-state index contributed by atoms with van der Waals surface area (Å²) in [4.78, 5) is 0. The number of hydrogen-bond acceptors (Lipinski definition) is 4. The van der Waals surface area contributed by atoms with Gasteiger partial charge in [-0.25, -0.2) is 0 Å². The second-order valence-corrected chi connectivity index (χ2v) is 2.53. The van der Waals surface area contributed by atoms with Crippen molar-refractivity contribution in [3.05, 3.63) is 29.8 Å². The highest BCUT2D eigenvalue weighted by Crippen LogP contribution is 2.17. The van der Waals surface area contributed by atoms with E-state index in [9.17, 15) is 5.11 Å².